The van der Waals surface area contributed by atoms with Gasteiger partial charge in [-0.3, -0.25) is 0 Å². The number of aromatic nitrogens is 1. The molecule has 0 amide bonds. The Morgan fingerprint density at radius 3 is 2.00 bits per heavy atom. The van der Waals surface area contributed by atoms with Crippen molar-refractivity contribution >= 4 is 10.1 Å². The fourth-order valence-corrected chi connectivity index (χ4v) is 2.25. The summed E-state index contributed by atoms with van der Waals surface area (Å²) in [5.74, 6) is 0. The van der Waals surface area contributed by atoms with Crippen molar-refractivity contribution in [2.75, 3.05) is 0 Å². The SMILES string of the molecule is C[n+]1ccccc1.Cc1ccc(C)c(S(=O)(=O)[O-])c1. The van der Waals surface area contributed by atoms with Crippen LogP contribution < -0.4 is 4.57 Å². The monoisotopic (exact) mass is 279 g/mol. The van der Waals surface area contributed by atoms with Crippen LogP contribution in [-0.2, 0) is 17.2 Å². The molecule has 0 aliphatic carbocycles. The lowest BCUT2D eigenvalue weighted by atomic mass is 10.2. The van der Waals surface area contributed by atoms with E-state index in [1.807, 2.05) is 42.2 Å². The lowest BCUT2D eigenvalue weighted by Gasteiger charge is -2.10. The highest BCUT2D eigenvalue weighted by Crippen LogP contribution is 2.15. The first kappa shape index (κ1) is 15.3. The summed E-state index contributed by atoms with van der Waals surface area (Å²) in [6.07, 6.45) is 4.00. The van der Waals surface area contributed by atoms with E-state index in [2.05, 4.69) is 0 Å². The highest BCUT2D eigenvalue weighted by atomic mass is 32.2. The molecule has 0 aliphatic rings. The Kier molecular flexibility index (Phi) is 5.20. The van der Waals surface area contributed by atoms with Crippen LogP contribution in [0.4, 0.5) is 0 Å². The maximum absolute atomic E-state index is 10.7. The van der Waals surface area contributed by atoms with Crippen molar-refractivity contribution in [3.63, 3.8) is 0 Å². The van der Waals surface area contributed by atoms with Crippen LogP contribution >= 0.6 is 0 Å². The van der Waals surface area contributed by atoms with Crippen molar-refractivity contribution in [2.24, 2.45) is 7.05 Å². The quantitative estimate of drug-likeness (QED) is 0.590. The summed E-state index contributed by atoms with van der Waals surface area (Å²) in [6.45, 7) is 3.35. The van der Waals surface area contributed by atoms with Crippen molar-refractivity contribution < 1.29 is 17.5 Å². The molecule has 0 atom stereocenters. The first-order valence-corrected chi connectivity index (χ1v) is 7.15. The van der Waals surface area contributed by atoms with E-state index in [9.17, 15) is 13.0 Å². The van der Waals surface area contributed by atoms with Crippen LogP contribution in [0.2, 0.25) is 0 Å². The third kappa shape index (κ3) is 5.19. The molecular weight excluding hydrogens is 262 g/mol. The molecule has 0 aliphatic heterocycles. The van der Waals surface area contributed by atoms with Gasteiger partial charge in [0.1, 0.15) is 17.2 Å². The van der Waals surface area contributed by atoms with Crippen molar-refractivity contribution in [1.82, 2.24) is 0 Å². The maximum Gasteiger partial charge on any atom is 0.168 e. The molecule has 0 N–H and O–H groups in total. The van der Waals surface area contributed by atoms with Gasteiger partial charge >= 0.3 is 0 Å². The zero-order chi connectivity index (χ0) is 14.5. The number of hydrogen-bond acceptors (Lipinski definition) is 3. The van der Waals surface area contributed by atoms with Crippen LogP contribution in [0.5, 0.6) is 0 Å². The van der Waals surface area contributed by atoms with Gasteiger partial charge in [-0.2, -0.15) is 0 Å². The summed E-state index contributed by atoms with van der Waals surface area (Å²) in [5, 5.41) is 0. The Bertz CT molecular complexity index is 637. The number of benzene rings is 1. The van der Waals surface area contributed by atoms with Crippen molar-refractivity contribution in [1.29, 1.82) is 0 Å². The summed E-state index contributed by atoms with van der Waals surface area (Å²) < 4.78 is 34.0. The first-order valence-electron chi connectivity index (χ1n) is 5.74. The Labute approximate surface area is 114 Å². The number of aryl methyl sites for hydroxylation is 3. The van der Waals surface area contributed by atoms with Gasteiger partial charge < -0.3 is 4.55 Å². The van der Waals surface area contributed by atoms with Crippen LogP contribution in [0.3, 0.4) is 0 Å². The van der Waals surface area contributed by atoms with Gasteiger partial charge in [0.15, 0.2) is 12.4 Å². The molecule has 2 rings (SSSR count). The standard InChI is InChI=1S/C8H10O3S.C6H8N/c1-6-3-4-7(2)8(5-6)12(9,10)11;1-7-5-3-2-4-6-7/h3-5H,1-2H3,(H,9,10,11);2-6H,1H3/q;+1/p-1. The van der Waals surface area contributed by atoms with Gasteiger partial charge in [-0.25, -0.2) is 13.0 Å². The highest BCUT2D eigenvalue weighted by molar-refractivity contribution is 7.85. The van der Waals surface area contributed by atoms with Crippen molar-refractivity contribution in [2.45, 2.75) is 18.7 Å². The van der Waals surface area contributed by atoms with Crippen molar-refractivity contribution in [3.05, 3.63) is 59.9 Å². The van der Waals surface area contributed by atoms with E-state index < -0.39 is 10.1 Å². The average Bonchev–Trinajstić information content (AvgIpc) is 2.33. The van der Waals surface area contributed by atoms with Gasteiger partial charge in [0.2, 0.25) is 0 Å². The Morgan fingerprint density at radius 2 is 1.63 bits per heavy atom. The van der Waals surface area contributed by atoms with E-state index in [1.54, 1.807) is 26.0 Å². The van der Waals surface area contributed by atoms with Gasteiger partial charge in [0.05, 0.1) is 4.90 Å². The predicted molar refractivity (Wildman–Crippen MR) is 71.5 cm³/mol. The lowest BCUT2D eigenvalue weighted by molar-refractivity contribution is -0.671. The Balaban J connectivity index is 0.000000218. The Morgan fingerprint density at radius 1 is 1.05 bits per heavy atom. The lowest BCUT2D eigenvalue weighted by Crippen LogP contribution is -2.25. The third-order valence-electron chi connectivity index (χ3n) is 2.48. The summed E-state index contributed by atoms with van der Waals surface area (Å²) in [4.78, 5) is -0.123. The third-order valence-corrected chi connectivity index (χ3v) is 3.46. The van der Waals surface area contributed by atoms with Gasteiger partial charge in [-0.1, -0.05) is 18.2 Å². The molecule has 4 nitrogen and oxygen atoms in total. The predicted octanol–water partition coefficient (Wildman–Crippen LogP) is 1.72. The first-order chi connectivity index (χ1) is 8.80. The number of hydrogen-bond donors (Lipinski definition) is 0. The second-order valence-corrected chi connectivity index (χ2v) is 5.61. The molecule has 19 heavy (non-hydrogen) atoms. The minimum Gasteiger partial charge on any atom is -0.744 e. The second kappa shape index (κ2) is 6.45. The Hall–Kier alpha value is -1.72. The smallest absolute Gasteiger partial charge is 0.168 e. The molecule has 5 heteroatoms. The molecule has 0 bridgehead atoms. The summed E-state index contributed by atoms with van der Waals surface area (Å²) >= 11 is 0. The minimum atomic E-state index is -4.31. The van der Waals surface area contributed by atoms with Gasteiger partial charge in [-0.15, -0.1) is 0 Å². The van der Waals surface area contributed by atoms with Crippen LogP contribution in [0.15, 0.2) is 53.7 Å². The molecule has 0 spiro atoms. The number of rotatable bonds is 1. The molecule has 0 radical (unpaired) electrons. The molecule has 1 aromatic carbocycles. The normalized spacial score (nSPS) is 10.5. The summed E-state index contributed by atoms with van der Waals surface area (Å²) in [7, 11) is -2.31. The van der Waals surface area contributed by atoms with Crippen molar-refractivity contribution in [3.8, 4) is 0 Å². The topological polar surface area (TPSA) is 61.1 Å². The molecule has 2 aromatic rings. The summed E-state index contributed by atoms with van der Waals surface area (Å²) in [6, 6.07) is 10.8. The molecule has 0 saturated heterocycles. The molecule has 0 unspecified atom stereocenters. The fraction of sp³-hybridized carbons (Fsp3) is 0.214. The van der Waals surface area contributed by atoms with E-state index in [4.69, 9.17) is 0 Å². The van der Waals surface area contributed by atoms with E-state index in [1.165, 1.54) is 6.07 Å². The molecule has 0 fully saturated rings. The number of pyridine rings is 1. The largest absolute Gasteiger partial charge is 0.744 e. The van der Waals surface area contributed by atoms with Crippen LogP contribution in [0.25, 0.3) is 0 Å². The van der Waals surface area contributed by atoms with Crippen LogP contribution in [0, 0.1) is 13.8 Å². The van der Waals surface area contributed by atoms with E-state index in [0.717, 1.165) is 5.56 Å². The highest BCUT2D eigenvalue weighted by Gasteiger charge is 2.04. The van der Waals surface area contributed by atoms with Gasteiger partial charge in [-0.05, 0) is 31.0 Å². The molecule has 1 heterocycles. The fourth-order valence-electron chi connectivity index (χ4n) is 1.46. The van der Waals surface area contributed by atoms with E-state index in [-0.39, 0.29) is 4.90 Å². The number of nitrogens with zero attached hydrogens (tertiary/aromatic N) is 1. The molecule has 102 valence electrons. The van der Waals surface area contributed by atoms with Gasteiger partial charge in [0.25, 0.3) is 0 Å². The zero-order valence-corrected chi connectivity index (χ0v) is 12.0. The molecule has 1 aromatic heterocycles. The second-order valence-electron chi connectivity index (χ2n) is 4.26. The molecule has 0 saturated carbocycles. The maximum atomic E-state index is 10.7. The van der Waals surface area contributed by atoms with E-state index >= 15 is 0 Å². The van der Waals surface area contributed by atoms with Gasteiger partial charge in [0, 0.05) is 12.1 Å². The van der Waals surface area contributed by atoms with Crippen LogP contribution in [-0.4, -0.2) is 13.0 Å². The minimum absolute atomic E-state index is 0.123. The summed E-state index contributed by atoms with van der Waals surface area (Å²) in [5.41, 5.74) is 1.27. The zero-order valence-electron chi connectivity index (χ0n) is 11.2. The van der Waals surface area contributed by atoms with E-state index in [0.29, 0.717) is 5.56 Å². The molecular formula is C14H17NO3S. The van der Waals surface area contributed by atoms with Crippen LogP contribution in [0.1, 0.15) is 11.1 Å². The average molecular weight is 279 g/mol.